The Kier molecular flexibility index (Phi) is 5.17. The van der Waals surface area contributed by atoms with Crippen LogP contribution in [-0.2, 0) is 6.42 Å². The first-order valence-electron chi connectivity index (χ1n) is 6.07. The van der Waals surface area contributed by atoms with Gasteiger partial charge >= 0.3 is 0 Å². The topological polar surface area (TPSA) is 49.3 Å². The lowest BCUT2D eigenvalue weighted by Gasteiger charge is -2.08. The molecule has 2 aromatic carbocycles. The first-order chi connectivity index (χ1) is 9.61. The summed E-state index contributed by atoms with van der Waals surface area (Å²) in [7, 11) is 0. The van der Waals surface area contributed by atoms with Gasteiger partial charge in [0, 0.05) is 16.8 Å². The summed E-state index contributed by atoms with van der Waals surface area (Å²) >= 11 is 9.38. The van der Waals surface area contributed by atoms with Crippen molar-refractivity contribution in [2.45, 2.75) is 6.42 Å². The van der Waals surface area contributed by atoms with Gasteiger partial charge in [0.15, 0.2) is 0 Å². The number of halogens is 2. The molecule has 0 atom stereocenters. The summed E-state index contributed by atoms with van der Waals surface area (Å²) in [6.07, 6.45) is 0.603. The number of hydrogen-bond donors (Lipinski definition) is 2. The summed E-state index contributed by atoms with van der Waals surface area (Å²) in [5, 5.41) is 12.0. The number of anilines is 1. The van der Waals surface area contributed by atoms with E-state index in [1.54, 1.807) is 30.3 Å². The monoisotopic (exact) mass is 353 g/mol. The molecule has 104 valence electrons. The second kappa shape index (κ2) is 6.88. The second-order valence-electron chi connectivity index (χ2n) is 4.23. The lowest BCUT2D eigenvalue weighted by atomic mass is 10.1. The minimum Gasteiger partial charge on any atom is -0.396 e. The predicted molar refractivity (Wildman–Crippen MR) is 84.3 cm³/mol. The van der Waals surface area contributed by atoms with Gasteiger partial charge in [-0.1, -0.05) is 29.8 Å². The van der Waals surface area contributed by atoms with Crippen molar-refractivity contribution in [3.05, 3.63) is 63.1 Å². The molecular formula is C15H13BrClNO2. The summed E-state index contributed by atoms with van der Waals surface area (Å²) < 4.78 is 0.685. The van der Waals surface area contributed by atoms with Crippen LogP contribution in [0.3, 0.4) is 0 Å². The number of nitrogens with one attached hydrogen (secondary N) is 1. The Labute approximate surface area is 130 Å². The van der Waals surface area contributed by atoms with Crippen LogP contribution in [0.25, 0.3) is 0 Å². The molecule has 0 spiro atoms. The maximum atomic E-state index is 12.1. The number of carbonyl (C=O) groups is 1. The van der Waals surface area contributed by atoms with Gasteiger partial charge in [0.25, 0.3) is 5.91 Å². The van der Waals surface area contributed by atoms with Gasteiger partial charge in [-0.05, 0) is 52.2 Å². The van der Waals surface area contributed by atoms with E-state index in [1.807, 2.05) is 12.1 Å². The molecule has 5 heteroatoms. The average molecular weight is 355 g/mol. The van der Waals surface area contributed by atoms with Gasteiger partial charge in [0.05, 0.1) is 10.6 Å². The zero-order valence-corrected chi connectivity index (χ0v) is 12.9. The molecule has 1 amide bonds. The highest BCUT2D eigenvalue weighted by Gasteiger charge is 2.12. The summed E-state index contributed by atoms with van der Waals surface area (Å²) in [6, 6.07) is 12.5. The van der Waals surface area contributed by atoms with E-state index in [1.165, 1.54) is 0 Å². The highest BCUT2D eigenvalue weighted by molar-refractivity contribution is 9.10. The second-order valence-corrected chi connectivity index (χ2v) is 5.46. The molecular weight excluding hydrogens is 342 g/mol. The third-order valence-electron chi connectivity index (χ3n) is 2.81. The van der Waals surface area contributed by atoms with E-state index in [9.17, 15) is 4.79 Å². The van der Waals surface area contributed by atoms with Gasteiger partial charge < -0.3 is 10.4 Å². The van der Waals surface area contributed by atoms with Crippen molar-refractivity contribution in [1.82, 2.24) is 0 Å². The molecule has 0 saturated heterocycles. The number of aliphatic hydroxyl groups excluding tert-OH is 1. The van der Waals surface area contributed by atoms with Gasteiger partial charge in [-0.3, -0.25) is 4.79 Å². The standard InChI is InChI=1S/C15H13BrClNO2/c16-13-3-1-2-12(14(13)17)15(20)18-11-6-4-10(5-7-11)8-9-19/h1-7,19H,8-9H2,(H,18,20). The largest absolute Gasteiger partial charge is 0.396 e. The highest BCUT2D eigenvalue weighted by Crippen LogP contribution is 2.26. The van der Waals surface area contributed by atoms with Gasteiger partial charge in [-0.15, -0.1) is 0 Å². The molecule has 2 rings (SSSR count). The van der Waals surface area contributed by atoms with Crippen LogP contribution in [0.4, 0.5) is 5.69 Å². The number of rotatable bonds is 4. The van der Waals surface area contributed by atoms with Gasteiger partial charge in [0.2, 0.25) is 0 Å². The van der Waals surface area contributed by atoms with E-state index in [0.717, 1.165) is 5.56 Å². The van der Waals surface area contributed by atoms with Crippen LogP contribution >= 0.6 is 27.5 Å². The fourth-order valence-corrected chi connectivity index (χ4v) is 2.34. The van der Waals surface area contributed by atoms with E-state index in [-0.39, 0.29) is 12.5 Å². The molecule has 0 unspecified atom stereocenters. The molecule has 0 aliphatic carbocycles. The van der Waals surface area contributed by atoms with Crippen LogP contribution < -0.4 is 5.32 Å². The number of hydrogen-bond acceptors (Lipinski definition) is 2. The zero-order chi connectivity index (χ0) is 14.5. The van der Waals surface area contributed by atoms with E-state index in [0.29, 0.717) is 27.2 Å². The number of amides is 1. The lowest BCUT2D eigenvalue weighted by Crippen LogP contribution is -2.12. The van der Waals surface area contributed by atoms with Crippen molar-refractivity contribution in [3.63, 3.8) is 0 Å². The minimum absolute atomic E-state index is 0.110. The van der Waals surface area contributed by atoms with E-state index in [4.69, 9.17) is 16.7 Å². The molecule has 20 heavy (non-hydrogen) atoms. The third-order valence-corrected chi connectivity index (χ3v) is 4.10. The molecule has 0 saturated carbocycles. The third kappa shape index (κ3) is 3.60. The molecule has 0 aliphatic heterocycles. The fraction of sp³-hybridized carbons (Fsp3) is 0.133. The first kappa shape index (κ1) is 15.0. The van der Waals surface area contributed by atoms with Gasteiger partial charge in [-0.2, -0.15) is 0 Å². The van der Waals surface area contributed by atoms with Crippen LogP contribution in [0.2, 0.25) is 5.02 Å². The van der Waals surface area contributed by atoms with Gasteiger partial charge in [-0.25, -0.2) is 0 Å². The van der Waals surface area contributed by atoms with Crippen LogP contribution in [0.1, 0.15) is 15.9 Å². The number of carbonyl (C=O) groups excluding carboxylic acids is 1. The minimum atomic E-state index is -0.258. The van der Waals surface area contributed by atoms with Crippen molar-refractivity contribution in [2.24, 2.45) is 0 Å². The number of aliphatic hydroxyl groups is 1. The Morgan fingerprint density at radius 2 is 1.90 bits per heavy atom. The van der Waals surface area contributed by atoms with Gasteiger partial charge in [0.1, 0.15) is 0 Å². The Hall–Kier alpha value is -1.36. The molecule has 2 aromatic rings. The van der Waals surface area contributed by atoms with Crippen LogP contribution in [-0.4, -0.2) is 17.6 Å². The predicted octanol–water partition coefficient (Wildman–Crippen LogP) is 3.89. The SMILES string of the molecule is O=C(Nc1ccc(CCO)cc1)c1cccc(Br)c1Cl. The Morgan fingerprint density at radius 3 is 2.55 bits per heavy atom. The summed E-state index contributed by atoms with van der Waals surface area (Å²) in [5.41, 5.74) is 2.12. The Morgan fingerprint density at radius 1 is 1.20 bits per heavy atom. The van der Waals surface area contributed by atoms with Crippen molar-refractivity contribution in [1.29, 1.82) is 0 Å². The molecule has 3 nitrogen and oxygen atoms in total. The van der Waals surface area contributed by atoms with E-state index >= 15 is 0 Å². The van der Waals surface area contributed by atoms with E-state index < -0.39 is 0 Å². The Bertz CT molecular complexity index is 614. The van der Waals surface area contributed by atoms with Crippen LogP contribution in [0.5, 0.6) is 0 Å². The maximum Gasteiger partial charge on any atom is 0.257 e. The van der Waals surface area contributed by atoms with Crippen LogP contribution in [0.15, 0.2) is 46.9 Å². The van der Waals surface area contributed by atoms with Crippen molar-refractivity contribution >= 4 is 39.1 Å². The van der Waals surface area contributed by atoms with Crippen molar-refractivity contribution in [3.8, 4) is 0 Å². The Balaban J connectivity index is 2.13. The molecule has 0 aliphatic rings. The smallest absolute Gasteiger partial charge is 0.257 e. The normalized spacial score (nSPS) is 10.3. The first-order valence-corrected chi connectivity index (χ1v) is 7.24. The maximum absolute atomic E-state index is 12.1. The summed E-state index contributed by atoms with van der Waals surface area (Å²) in [4.78, 5) is 12.1. The number of benzene rings is 2. The lowest BCUT2D eigenvalue weighted by molar-refractivity contribution is 0.102. The van der Waals surface area contributed by atoms with E-state index in [2.05, 4.69) is 21.2 Å². The van der Waals surface area contributed by atoms with Crippen molar-refractivity contribution < 1.29 is 9.90 Å². The quantitative estimate of drug-likeness (QED) is 0.875. The molecule has 0 heterocycles. The van der Waals surface area contributed by atoms with Crippen molar-refractivity contribution in [2.75, 3.05) is 11.9 Å². The average Bonchev–Trinajstić information content (AvgIpc) is 2.44. The molecule has 0 aromatic heterocycles. The molecule has 2 N–H and O–H groups in total. The van der Waals surface area contributed by atoms with Crippen LogP contribution in [0, 0.1) is 0 Å². The summed E-state index contributed by atoms with van der Waals surface area (Å²) in [5.74, 6) is -0.258. The highest BCUT2D eigenvalue weighted by atomic mass is 79.9. The zero-order valence-electron chi connectivity index (χ0n) is 10.6. The summed E-state index contributed by atoms with van der Waals surface area (Å²) in [6.45, 7) is 0.110. The molecule has 0 bridgehead atoms. The molecule has 0 radical (unpaired) electrons. The molecule has 0 fully saturated rings. The fourth-order valence-electron chi connectivity index (χ4n) is 1.76.